The van der Waals surface area contributed by atoms with Crippen LogP contribution in [-0.4, -0.2) is 9.97 Å². The van der Waals surface area contributed by atoms with Crippen LogP contribution in [0.4, 0.5) is 0 Å². The molecule has 0 unspecified atom stereocenters. The van der Waals surface area contributed by atoms with Gasteiger partial charge in [0.05, 0.1) is 12.3 Å². The van der Waals surface area contributed by atoms with Crippen LogP contribution in [0.25, 0.3) is 0 Å². The van der Waals surface area contributed by atoms with E-state index in [1.54, 1.807) is 11.8 Å². The number of furan rings is 1. The van der Waals surface area contributed by atoms with Crippen molar-refractivity contribution in [2.24, 2.45) is 5.73 Å². The molecule has 2 rings (SSSR count). The lowest BCUT2D eigenvalue weighted by Gasteiger charge is -2.05. The van der Waals surface area contributed by atoms with Gasteiger partial charge in [-0.15, -0.1) is 0 Å². The Morgan fingerprint density at radius 3 is 2.28 bits per heavy atom. The number of thioether (sulfide) groups is 1. The zero-order valence-electron chi connectivity index (χ0n) is 10.9. The van der Waals surface area contributed by atoms with E-state index in [2.05, 4.69) is 9.97 Å². The molecule has 0 aliphatic carbocycles. The molecule has 0 saturated heterocycles. The van der Waals surface area contributed by atoms with Crippen molar-refractivity contribution in [1.29, 1.82) is 0 Å². The largest absolute Gasteiger partial charge is 0.464 e. The van der Waals surface area contributed by atoms with E-state index in [1.165, 1.54) is 0 Å². The van der Waals surface area contributed by atoms with Gasteiger partial charge in [-0.25, -0.2) is 9.97 Å². The predicted molar refractivity (Wildman–Crippen MR) is 72.4 cm³/mol. The molecule has 5 heteroatoms. The van der Waals surface area contributed by atoms with Crippen LogP contribution >= 0.6 is 11.8 Å². The van der Waals surface area contributed by atoms with Crippen LogP contribution in [0.1, 0.15) is 28.5 Å². The fraction of sp³-hybridized carbons (Fsp3) is 0.385. The van der Waals surface area contributed by atoms with Crippen molar-refractivity contribution in [2.45, 2.75) is 38.2 Å². The molecule has 2 N–H and O–H groups in total. The van der Waals surface area contributed by atoms with Gasteiger partial charge < -0.3 is 10.2 Å². The SMILES string of the molecule is Cc1nc(SCc2ccc(CN)o2)nc(C)c1C. The third-order valence-electron chi connectivity index (χ3n) is 2.87. The Labute approximate surface area is 111 Å². The van der Waals surface area contributed by atoms with Crippen LogP contribution in [0.15, 0.2) is 21.7 Å². The van der Waals surface area contributed by atoms with Gasteiger partial charge in [-0.05, 0) is 38.5 Å². The lowest BCUT2D eigenvalue weighted by Crippen LogP contribution is -1.98. The Kier molecular flexibility index (Phi) is 4.04. The topological polar surface area (TPSA) is 64.9 Å². The maximum Gasteiger partial charge on any atom is 0.188 e. The van der Waals surface area contributed by atoms with Crippen LogP contribution in [0, 0.1) is 20.8 Å². The van der Waals surface area contributed by atoms with E-state index >= 15 is 0 Å². The van der Waals surface area contributed by atoms with E-state index in [1.807, 2.05) is 32.9 Å². The van der Waals surface area contributed by atoms with Gasteiger partial charge in [0.25, 0.3) is 0 Å². The second-order valence-electron chi connectivity index (χ2n) is 4.16. The molecule has 0 atom stereocenters. The molecule has 18 heavy (non-hydrogen) atoms. The lowest BCUT2D eigenvalue weighted by atomic mass is 10.2. The number of hydrogen-bond acceptors (Lipinski definition) is 5. The summed E-state index contributed by atoms with van der Waals surface area (Å²) in [6, 6.07) is 3.85. The molecule has 0 amide bonds. The lowest BCUT2D eigenvalue weighted by molar-refractivity contribution is 0.482. The summed E-state index contributed by atoms with van der Waals surface area (Å²) in [7, 11) is 0. The quantitative estimate of drug-likeness (QED) is 0.678. The van der Waals surface area contributed by atoms with Crippen LogP contribution < -0.4 is 5.73 Å². The number of aryl methyl sites for hydroxylation is 2. The van der Waals surface area contributed by atoms with Crippen LogP contribution in [0.2, 0.25) is 0 Å². The van der Waals surface area contributed by atoms with Crippen LogP contribution in [0.3, 0.4) is 0 Å². The van der Waals surface area contributed by atoms with Crippen molar-refractivity contribution in [2.75, 3.05) is 0 Å². The van der Waals surface area contributed by atoms with Crippen molar-refractivity contribution in [3.05, 3.63) is 40.6 Å². The summed E-state index contributed by atoms with van der Waals surface area (Å²) < 4.78 is 5.54. The summed E-state index contributed by atoms with van der Waals surface area (Å²) >= 11 is 1.58. The highest BCUT2D eigenvalue weighted by Crippen LogP contribution is 2.22. The molecular formula is C13H17N3OS. The van der Waals surface area contributed by atoms with Crippen molar-refractivity contribution in [1.82, 2.24) is 9.97 Å². The van der Waals surface area contributed by atoms with Gasteiger partial charge in [0.2, 0.25) is 0 Å². The Bertz CT molecular complexity index is 528. The Balaban J connectivity index is 2.06. The van der Waals surface area contributed by atoms with Crippen molar-refractivity contribution in [3.63, 3.8) is 0 Å². The van der Waals surface area contributed by atoms with E-state index in [4.69, 9.17) is 10.2 Å². The molecule has 0 bridgehead atoms. The number of nitrogens with zero attached hydrogens (tertiary/aromatic N) is 2. The number of aromatic nitrogens is 2. The summed E-state index contributed by atoms with van der Waals surface area (Å²) in [4.78, 5) is 8.92. The van der Waals surface area contributed by atoms with Gasteiger partial charge in [-0.1, -0.05) is 11.8 Å². The Morgan fingerprint density at radius 2 is 1.72 bits per heavy atom. The first kappa shape index (κ1) is 13.1. The van der Waals surface area contributed by atoms with Gasteiger partial charge in [0.15, 0.2) is 5.16 Å². The van der Waals surface area contributed by atoms with E-state index in [-0.39, 0.29) is 0 Å². The summed E-state index contributed by atoms with van der Waals surface area (Å²) in [5.74, 6) is 2.43. The predicted octanol–water partition coefficient (Wildman–Crippen LogP) is 2.75. The fourth-order valence-electron chi connectivity index (χ4n) is 1.55. The zero-order chi connectivity index (χ0) is 13.1. The van der Waals surface area contributed by atoms with Gasteiger partial charge in [0, 0.05) is 11.4 Å². The van der Waals surface area contributed by atoms with E-state index < -0.39 is 0 Å². The van der Waals surface area contributed by atoms with E-state index in [9.17, 15) is 0 Å². The van der Waals surface area contributed by atoms with E-state index in [0.29, 0.717) is 6.54 Å². The molecule has 0 spiro atoms. The van der Waals surface area contributed by atoms with Gasteiger partial charge in [0.1, 0.15) is 11.5 Å². The molecular weight excluding hydrogens is 246 g/mol. The molecule has 0 aliphatic rings. The van der Waals surface area contributed by atoms with Crippen molar-refractivity contribution in [3.8, 4) is 0 Å². The third-order valence-corrected chi connectivity index (χ3v) is 3.74. The maximum atomic E-state index is 5.54. The highest BCUT2D eigenvalue weighted by molar-refractivity contribution is 7.98. The molecule has 2 heterocycles. The molecule has 96 valence electrons. The molecule has 0 aliphatic heterocycles. The summed E-state index contributed by atoms with van der Waals surface area (Å²) in [5, 5.41) is 0.793. The minimum absolute atomic E-state index is 0.434. The number of nitrogens with two attached hydrogens (primary N) is 1. The summed E-state index contributed by atoms with van der Waals surface area (Å²) in [6.07, 6.45) is 0. The molecule has 0 saturated carbocycles. The van der Waals surface area contributed by atoms with Crippen LogP contribution in [0.5, 0.6) is 0 Å². The monoisotopic (exact) mass is 263 g/mol. The van der Waals surface area contributed by atoms with Crippen LogP contribution in [-0.2, 0) is 12.3 Å². The summed E-state index contributed by atoms with van der Waals surface area (Å²) in [5.41, 5.74) is 8.73. The number of hydrogen-bond donors (Lipinski definition) is 1. The normalized spacial score (nSPS) is 10.9. The fourth-order valence-corrected chi connectivity index (χ4v) is 2.38. The first-order valence-corrected chi connectivity index (χ1v) is 6.81. The molecule has 4 nitrogen and oxygen atoms in total. The molecule has 0 fully saturated rings. The van der Waals surface area contributed by atoms with Crippen molar-refractivity contribution < 1.29 is 4.42 Å². The number of rotatable bonds is 4. The second kappa shape index (κ2) is 5.54. The third kappa shape index (κ3) is 2.91. The molecule has 2 aromatic heterocycles. The maximum absolute atomic E-state index is 5.54. The smallest absolute Gasteiger partial charge is 0.188 e. The highest BCUT2D eigenvalue weighted by Gasteiger charge is 2.07. The Morgan fingerprint density at radius 1 is 1.11 bits per heavy atom. The first-order valence-electron chi connectivity index (χ1n) is 5.82. The average Bonchev–Trinajstić information content (AvgIpc) is 2.81. The van der Waals surface area contributed by atoms with Crippen molar-refractivity contribution >= 4 is 11.8 Å². The molecule has 0 aromatic carbocycles. The highest BCUT2D eigenvalue weighted by atomic mass is 32.2. The first-order chi connectivity index (χ1) is 8.60. The van der Waals surface area contributed by atoms with Gasteiger partial charge in [-0.3, -0.25) is 0 Å². The Hall–Kier alpha value is -1.33. The average molecular weight is 263 g/mol. The molecule has 0 radical (unpaired) electrons. The van der Waals surface area contributed by atoms with Gasteiger partial charge >= 0.3 is 0 Å². The van der Waals surface area contributed by atoms with E-state index in [0.717, 1.165) is 39.4 Å². The zero-order valence-corrected chi connectivity index (χ0v) is 11.7. The second-order valence-corrected chi connectivity index (χ2v) is 5.11. The molecule has 2 aromatic rings. The minimum Gasteiger partial charge on any atom is -0.464 e. The summed E-state index contributed by atoms with van der Waals surface area (Å²) in [6.45, 7) is 6.49. The standard InChI is InChI=1S/C13H17N3OS/c1-8-9(2)15-13(16-10(8)3)18-7-12-5-4-11(6-14)17-12/h4-5H,6-7,14H2,1-3H3. The minimum atomic E-state index is 0.434. The van der Waals surface area contributed by atoms with Gasteiger partial charge in [-0.2, -0.15) is 0 Å².